The first-order valence-corrected chi connectivity index (χ1v) is 8.58. The molecule has 1 saturated heterocycles. The maximum absolute atomic E-state index is 12.2. The minimum Gasteiger partial charge on any atom is -0.450 e. The van der Waals surface area contributed by atoms with Crippen LogP contribution in [0.25, 0.3) is 11.0 Å². The number of hydrogen-bond donors (Lipinski definition) is 1. The van der Waals surface area contributed by atoms with E-state index in [1.807, 2.05) is 12.1 Å². The number of aryl methyl sites for hydroxylation is 1. The van der Waals surface area contributed by atoms with Crippen molar-refractivity contribution in [3.63, 3.8) is 0 Å². The summed E-state index contributed by atoms with van der Waals surface area (Å²) in [7, 11) is 0. The summed E-state index contributed by atoms with van der Waals surface area (Å²) in [6, 6.07) is 5.48. The fourth-order valence-corrected chi connectivity index (χ4v) is 3.03. The number of ether oxygens (including phenoxy) is 2. The highest BCUT2D eigenvalue weighted by Gasteiger charge is 2.21. The van der Waals surface area contributed by atoms with Crippen LogP contribution in [0.5, 0.6) is 0 Å². The normalized spacial score (nSPS) is 17.2. The molecule has 1 amide bonds. The molecule has 3 rings (SSSR count). The molecule has 6 nitrogen and oxygen atoms in total. The average Bonchev–Trinajstić information content (AvgIpc) is 3.19. The van der Waals surface area contributed by atoms with Crippen LogP contribution in [-0.2, 0) is 14.3 Å². The van der Waals surface area contributed by atoms with Gasteiger partial charge in [0, 0.05) is 28.6 Å². The zero-order chi connectivity index (χ0) is 17.1. The number of benzene rings is 1. The first-order valence-electron chi connectivity index (χ1n) is 7.78. The van der Waals surface area contributed by atoms with E-state index < -0.39 is 5.97 Å². The van der Waals surface area contributed by atoms with E-state index in [-0.39, 0.29) is 24.4 Å². The Balaban J connectivity index is 1.56. The molecule has 0 saturated carbocycles. The Labute approximate surface area is 147 Å². The van der Waals surface area contributed by atoms with Gasteiger partial charge in [0.2, 0.25) is 5.76 Å². The Bertz CT molecular complexity index is 764. The van der Waals surface area contributed by atoms with Gasteiger partial charge in [-0.15, -0.1) is 0 Å². The Hall–Kier alpha value is -1.86. The van der Waals surface area contributed by atoms with E-state index >= 15 is 0 Å². The van der Waals surface area contributed by atoms with Gasteiger partial charge in [-0.25, -0.2) is 4.79 Å². The van der Waals surface area contributed by atoms with Gasteiger partial charge in [-0.05, 0) is 38.0 Å². The quantitative estimate of drug-likeness (QED) is 0.787. The van der Waals surface area contributed by atoms with Crippen LogP contribution < -0.4 is 5.32 Å². The van der Waals surface area contributed by atoms with Crippen LogP contribution in [0.1, 0.15) is 29.0 Å². The molecule has 7 heteroatoms. The Morgan fingerprint density at radius 2 is 2.25 bits per heavy atom. The highest BCUT2D eigenvalue weighted by Crippen LogP contribution is 2.28. The number of nitrogens with one attached hydrogen (secondary N) is 1. The number of fused-ring (bicyclic) bond motifs is 1. The van der Waals surface area contributed by atoms with Crippen LogP contribution in [0.3, 0.4) is 0 Å². The number of furan rings is 1. The van der Waals surface area contributed by atoms with E-state index in [4.69, 9.17) is 13.9 Å². The van der Waals surface area contributed by atoms with Crippen molar-refractivity contribution in [2.45, 2.75) is 25.9 Å². The molecule has 0 radical (unpaired) electrons. The second-order valence-electron chi connectivity index (χ2n) is 5.71. The predicted octanol–water partition coefficient (Wildman–Crippen LogP) is 2.96. The van der Waals surface area contributed by atoms with Crippen molar-refractivity contribution in [3.05, 3.63) is 34.0 Å². The van der Waals surface area contributed by atoms with Crippen molar-refractivity contribution in [2.75, 3.05) is 19.8 Å². The topological polar surface area (TPSA) is 77.8 Å². The van der Waals surface area contributed by atoms with E-state index in [9.17, 15) is 9.59 Å². The van der Waals surface area contributed by atoms with Crippen LogP contribution >= 0.6 is 15.9 Å². The van der Waals surface area contributed by atoms with Gasteiger partial charge in [-0.2, -0.15) is 0 Å². The number of carbonyl (C=O) groups excluding carboxylic acids is 2. The highest BCUT2D eigenvalue weighted by molar-refractivity contribution is 9.10. The van der Waals surface area contributed by atoms with Gasteiger partial charge < -0.3 is 19.2 Å². The van der Waals surface area contributed by atoms with E-state index in [0.717, 1.165) is 29.3 Å². The van der Waals surface area contributed by atoms with Gasteiger partial charge in [-0.1, -0.05) is 15.9 Å². The van der Waals surface area contributed by atoms with Crippen LogP contribution in [0, 0.1) is 6.92 Å². The summed E-state index contributed by atoms with van der Waals surface area (Å²) in [5.74, 6) is -0.877. The number of carbonyl (C=O) groups is 2. The largest absolute Gasteiger partial charge is 0.450 e. The molecule has 0 aliphatic carbocycles. The van der Waals surface area contributed by atoms with E-state index in [1.54, 1.807) is 13.0 Å². The average molecular weight is 396 g/mol. The summed E-state index contributed by atoms with van der Waals surface area (Å²) in [4.78, 5) is 23.9. The fraction of sp³-hybridized carbons (Fsp3) is 0.412. The maximum atomic E-state index is 12.2. The number of halogens is 1. The number of esters is 1. The van der Waals surface area contributed by atoms with Crippen molar-refractivity contribution in [1.82, 2.24) is 5.32 Å². The predicted molar refractivity (Wildman–Crippen MR) is 90.9 cm³/mol. The molecule has 0 unspecified atom stereocenters. The van der Waals surface area contributed by atoms with Gasteiger partial charge in [0.05, 0.1) is 6.10 Å². The lowest BCUT2D eigenvalue weighted by Gasteiger charge is -2.10. The summed E-state index contributed by atoms with van der Waals surface area (Å²) in [5, 5.41) is 3.53. The van der Waals surface area contributed by atoms with Crippen LogP contribution in [0.4, 0.5) is 0 Å². The molecule has 1 aromatic carbocycles. The standard InChI is InChI=1S/C17H18BrNO5/c1-10-13-7-11(18)4-5-14(13)24-16(10)17(21)23-9-15(20)19-8-12-3-2-6-22-12/h4-5,7,12H,2-3,6,8-9H2,1H3,(H,19,20)/t12-/m1/s1. The summed E-state index contributed by atoms with van der Waals surface area (Å²) >= 11 is 3.39. The first kappa shape index (κ1) is 17.0. The lowest BCUT2D eigenvalue weighted by atomic mass is 10.1. The monoisotopic (exact) mass is 395 g/mol. The highest BCUT2D eigenvalue weighted by atomic mass is 79.9. The lowest BCUT2D eigenvalue weighted by molar-refractivity contribution is -0.124. The summed E-state index contributed by atoms with van der Waals surface area (Å²) < 4.78 is 16.9. The van der Waals surface area contributed by atoms with Gasteiger partial charge in [0.25, 0.3) is 5.91 Å². The molecule has 1 aromatic heterocycles. The fourth-order valence-electron chi connectivity index (χ4n) is 2.67. The summed E-state index contributed by atoms with van der Waals surface area (Å²) in [6.07, 6.45) is 2.01. The maximum Gasteiger partial charge on any atom is 0.375 e. The van der Waals surface area contributed by atoms with Gasteiger partial charge in [0.15, 0.2) is 6.61 Å². The number of amides is 1. The van der Waals surface area contributed by atoms with Crippen LogP contribution in [0.15, 0.2) is 27.1 Å². The van der Waals surface area contributed by atoms with Crippen molar-refractivity contribution >= 4 is 38.8 Å². The van der Waals surface area contributed by atoms with Gasteiger partial charge in [0.1, 0.15) is 5.58 Å². The second-order valence-corrected chi connectivity index (χ2v) is 6.63. The molecule has 1 atom stereocenters. The third-order valence-corrected chi connectivity index (χ3v) is 4.46. The minimum absolute atomic E-state index is 0.0562. The molecule has 2 heterocycles. The molecule has 1 N–H and O–H groups in total. The van der Waals surface area contributed by atoms with E-state index in [1.165, 1.54) is 0 Å². The molecule has 0 spiro atoms. The first-order chi connectivity index (χ1) is 11.5. The van der Waals surface area contributed by atoms with Crippen molar-refractivity contribution in [1.29, 1.82) is 0 Å². The van der Waals surface area contributed by atoms with Gasteiger partial charge in [-0.3, -0.25) is 4.79 Å². The molecule has 1 aliphatic heterocycles. The molecule has 0 bridgehead atoms. The molecule has 1 aliphatic rings. The molecular formula is C17H18BrNO5. The van der Waals surface area contributed by atoms with Crippen LogP contribution in [-0.4, -0.2) is 37.7 Å². The lowest BCUT2D eigenvalue weighted by Crippen LogP contribution is -2.34. The SMILES string of the molecule is Cc1c(C(=O)OCC(=O)NC[C@H]2CCCO2)oc2ccc(Br)cc12. The minimum atomic E-state index is -0.646. The second kappa shape index (κ2) is 7.36. The smallest absolute Gasteiger partial charge is 0.375 e. The number of rotatable bonds is 5. The van der Waals surface area contributed by atoms with Crippen molar-refractivity contribution in [2.24, 2.45) is 0 Å². The Morgan fingerprint density at radius 1 is 1.42 bits per heavy atom. The van der Waals surface area contributed by atoms with Crippen molar-refractivity contribution < 1.29 is 23.5 Å². The zero-order valence-corrected chi connectivity index (χ0v) is 14.9. The van der Waals surface area contributed by atoms with E-state index in [0.29, 0.717) is 17.7 Å². The number of hydrogen-bond acceptors (Lipinski definition) is 5. The Kier molecular flexibility index (Phi) is 5.20. The summed E-state index contributed by atoms with van der Waals surface area (Å²) in [5.41, 5.74) is 1.29. The third kappa shape index (κ3) is 3.79. The zero-order valence-electron chi connectivity index (χ0n) is 13.3. The Morgan fingerprint density at radius 3 is 3.00 bits per heavy atom. The van der Waals surface area contributed by atoms with Crippen molar-refractivity contribution in [3.8, 4) is 0 Å². The third-order valence-electron chi connectivity index (χ3n) is 3.97. The van der Waals surface area contributed by atoms with Crippen LogP contribution in [0.2, 0.25) is 0 Å². The molecule has 2 aromatic rings. The molecule has 1 fully saturated rings. The van der Waals surface area contributed by atoms with Gasteiger partial charge >= 0.3 is 5.97 Å². The molecule has 128 valence electrons. The molecular weight excluding hydrogens is 378 g/mol. The molecule has 24 heavy (non-hydrogen) atoms. The summed E-state index contributed by atoms with van der Waals surface area (Å²) in [6.45, 7) is 2.61. The van der Waals surface area contributed by atoms with E-state index in [2.05, 4.69) is 21.2 Å².